The minimum Gasteiger partial charge on any atom is -0.454 e. The predicted molar refractivity (Wildman–Crippen MR) is 145 cm³/mol. The molecule has 0 aromatic heterocycles. The van der Waals surface area contributed by atoms with E-state index in [4.69, 9.17) is 14.2 Å². The van der Waals surface area contributed by atoms with Crippen LogP contribution in [0, 0.1) is 16.7 Å². The molecule has 39 heavy (non-hydrogen) atoms. The molecule has 0 bridgehead atoms. The fraction of sp³-hybridized carbons (Fsp3) is 0.821. The first kappa shape index (κ1) is 33.6. The standard InChI is InChI=1S/C28H45NO9.ClH/c1-9-25(6)14-18(31)28(35)26(7)17(30)12-13-24(4,5)22(26)21(34)23(27(28,8)38-25)37-20(33)16-36-19(32)15-29(10-2)11-3;/h9,17,21-23,30,34-35H,1,10-16H2,2-8H3;1H/t17-,21-,22?,23-,25-,26-,27+,28-;/m0./s1. The van der Waals surface area contributed by atoms with Crippen molar-refractivity contribution >= 4 is 30.1 Å². The number of carbonyl (C=O) groups is 3. The highest BCUT2D eigenvalue weighted by Crippen LogP contribution is 2.67. The van der Waals surface area contributed by atoms with Gasteiger partial charge in [0.15, 0.2) is 24.1 Å². The van der Waals surface area contributed by atoms with Crippen LogP contribution in [0.1, 0.15) is 67.7 Å². The van der Waals surface area contributed by atoms with Gasteiger partial charge in [0.1, 0.15) is 5.60 Å². The van der Waals surface area contributed by atoms with E-state index >= 15 is 0 Å². The second kappa shape index (κ2) is 11.4. The normalized spacial score (nSPS) is 41.1. The molecule has 0 amide bonds. The molecule has 3 N–H and O–H groups in total. The Morgan fingerprint density at radius 3 is 2.26 bits per heavy atom. The molecule has 8 atom stereocenters. The number of Topliss-reactive ketones (excluding diaryl/α,β-unsaturated/α-hetero) is 1. The first-order valence-corrected chi connectivity index (χ1v) is 13.5. The van der Waals surface area contributed by atoms with Crippen LogP contribution < -0.4 is 0 Å². The van der Waals surface area contributed by atoms with E-state index in [9.17, 15) is 29.7 Å². The molecular weight excluding hydrogens is 530 g/mol. The summed E-state index contributed by atoms with van der Waals surface area (Å²) in [6.45, 7) is 16.6. The fourth-order valence-corrected chi connectivity index (χ4v) is 7.47. The zero-order valence-corrected chi connectivity index (χ0v) is 25.0. The van der Waals surface area contributed by atoms with E-state index in [-0.39, 0.29) is 25.4 Å². The highest BCUT2D eigenvalue weighted by molar-refractivity contribution is 5.92. The SMILES string of the molecule is C=C[C@@]1(C)CC(=O)[C@@]2(O)[C@](C)(O1)[C@@H](OC(=O)COC(=O)CN(CC)CC)[C@@H](O)C1C(C)(C)CC[C@H](O)[C@@]12C.Cl. The molecule has 10 nitrogen and oxygen atoms in total. The Morgan fingerprint density at radius 1 is 1.13 bits per heavy atom. The van der Waals surface area contributed by atoms with Gasteiger partial charge < -0.3 is 29.5 Å². The van der Waals surface area contributed by atoms with Crippen molar-refractivity contribution < 1.29 is 43.9 Å². The number of aliphatic hydroxyl groups excluding tert-OH is 2. The third-order valence-electron chi connectivity index (χ3n) is 9.58. The third kappa shape index (κ3) is 5.17. The summed E-state index contributed by atoms with van der Waals surface area (Å²) in [5.41, 5.74) is -7.64. The maximum atomic E-state index is 13.9. The summed E-state index contributed by atoms with van der Waals surface area (Å²) in [6.07, 6.45) is -1.99. The van der Waals surface area contributed by atoms with Crippen LogP contribution in [0.15, 0.2) is 12.7 Å². The summed E-state index contributed by atoms with van der Waals surface area (Å²) in [4.78, 5) is 40.9. The van der Waals surface area contributed by atoms with Gasteiger partial charge in [0.05, 0.1) is 24.4 Å². The molecule has 11 heteroatoms. The van der Waals surface area contributed by atoms with Crippen molar-refractivity contribution in [2.75, 3.05) is 26.2 Å². The van der Waals surface area contributed by atoms with Gasteiger partial charge >= 0.3 is 11.9 Å². The van der Waals surface area contributed by atoms with Crippen LogP contribution >= 0.6 is 12.4 Å². The Morgan fingerprint density at radius 2 is 1.72 bits per heavy atom. The van der Waals surface area contributed by atoms with Crippen molar-refractivity contribution in [2.45, 2.75) is 103 Å². The summed E-state index contributed by atoms with van der Waals surface area (Å²) in [5.74, 6) is -2.98. The van der Waals surface area contributed by atoms with Crippen LogP contribution in [-0.4, -0.2) is 99.3 Å². The highest BCUT2D eigenvalue weighted by atomic mass is 35.5. The monoisotopic (exact) mass is 575 g/mol. The van der Waals surface area contributed by atoms with Gasteiger partial charge in [0.2, 0.25) is 0 Å². The second-order valence-electron chi connectivity index (χ2n) is 12.4. The van der Waals surface area contributed by atoms with Gasteiger partial charge in [-0.15, -0.1) is 19.0 Å². The molecular formula is C28H46ClNO9. The summed E-state index contributed by atoms with van der Waals surface area (Å²) >= 11 is 0. The lowest BCUT2D eigenvalue weighted by atomic mass is 9.40. The molecule has 2 aliphatic carbocycles. The molecule has 0 aromatic rings. The highest BCUT2D eigenvalue weighted by Gasteiger charge is 2.81. The molecule has 3 aliphatic rings. The number of esters is 2. The van der Waals surface area contributed by atoms with Gasteiger partial charge in [0.25, 0.3) is 0 Å². The molecule has 224 valence electrons. The molecule has 2 saturated carbocycles. The zero-order chi connectivity index (χ0) is 28.9. The predicted octanol–water partition coefficient (Wildman–Crippen LogP) is 1.81. The summed E-state index contributed by atoms with van der Waals surface area (Å²) in [5, 5.41) is 35.5. The number of halogens is 1. The summed E-state index contributed by atoms with van der Waals surface area (Å²) in [6, 6.07) is 0. The topological polar surface area (TPSA) is 143 Å². The molecule has 3 rings (SSSR count). The number of carbonyl (C=O) groups excluding carboxylic acids is 3. The molecule has 1 saturated heterocycles. The number of fused-ring (bicyclic) bond motifs is 3. The second-order valence-corrected chi connectivity index (χ2v) is 12.4. The van der Waals surface area contributed by atoms with Crippen molar-refractivity contribution in [3.05, 3.63) is 12.7 Å². The average Bonchev–Trinajstić information content (AvgIpc) is 2.84. The van der Waals surface area contributed by atoms with E-state index in [0.29, 0.717) is 25.9 Å². The molecule has 3 fully saturated rings. The van der Waals surface area contributed by atoms with Crippen LogP contribution in [0.4, 0.5) is 0 Å². The number of aliphatic hydroxyl groups is 3. The van der Waals surface area contributed by atoms with Gasteiger partial charge in [-0.1, -0.05) is 40.7 Å². The van der Waals surface area contributed by atoms with Gasteiger partial charge in [-0.2, -0.15) is 0 Å². The molecule has 1 heterocycles. The average molecular weight is 576 g/mol. The van der Waals surface area contributed by atoms with E-state index < -0.39 is 76.2 Å². The van der Waals surface area contributed by atoms with Crippen LogP contribution in [0.2, 0.25) is 0 Å². The summed E-state index contributed by atoms with van der Waals surface area (Å²) < 4.78 is 17.2. The van der Waals surface area contributed by atoms with Crippen molar-refractivity contribution in [1.82, 2.24) is 4.90 Å². The minimum absolute atomic E-state index is 0. The van der Waals surface area contributed by atoms with Gasteiger partial charge in [-0.25, -0.2) is 4.79 Å². The Bertz CT molecular complexity index is 971. The van der Waals surface area contributed by atoms with Crippen molar-refractivity contribution in [1.29, 1.82) is 0 Å². The first-order valence-electron chi connectivity index (χ1n) is 13.5. The Labute approximate surface area is 237 Å². The summed E-state index contributed by atoms with van der Waals surface area (Å²) in [7, 11) is 0. The first-order chi connectivity index (χ1) is 17.5. The van der Waals surface area contributed by atoms with Crippen LogP contribution in [0.3, 0.4) is 0 Å². The van der Waals surface area contributed by atoms with E-state index in [0.717, 1.165) is 0 Å². The number of ketones is 1. The smallest absolute Gasteiger partial charge is 0.344 e. The number of ether oxygens (including phenoxy) is 3. The van der Waals surface area contributed by atoms with E-state index in [1.165, 1.54) is 13.0 Å². The van der Waals surface area contributed by atoms with Crippen molar-refractivity contribution in [3.8, 4) is 0 Å². The maximum Gasteiger partial charge on any atom is 0.344 e. The zero-order valence-electron chi connectivity index (χ0n) is 24.2. The number of hydrogen-bond donors (Lipinski definition) is 3. The lowest BCUT2D eigenvalue weighted by Crippen LogP contribution is -2.86. The van der Waals surface area contributed by atoms with Gasteiger partial charge in [-0.3, -0.25) is 14.5 Å². The largest absolute Gasteiger partial charge is 0.454 e. The van der Waals surface area contributed by atoms with Crippen LogP contribution in [-0.2, 0) is 28.6 Å². The fourth-order valence-electron chi connectivity index (χ4n) is 7.47. The Balaban J connectivity index is 0.00000533. The lowest BCUT2D eigenvalue weighted by Gasteiger charge is -2.71. The number of likely N-dealkylation sites (N-methyl/N-ethyl adjacent to an activating group) is 1. The molecule has 1 unspecified atom stereocenters. The number of rotatable bonds is 8. The van der Waals surface area contributed by atoms with Crippen LogP contribution in [0.25, 0.3) is 0 Å². The maximum absolute atomic E-state index is 13.9. The molecule has 1 aliphatic heterocycles. The molecule has 0 radical (unpaired) electrons. The van der Waals surface area contributed by atoms with E-state index in [2.05, 4.69) is 6.58 Å². The third-order valence-corrected chi connectivity index (χ3v) is 9.58. The Kier molecular flexibility index (Phi) is 9.81. The number of nitrogens with zero attached hydrogens (tertiary/aromatic N) is 1. The molecule has 0 aromatic carbocycles. The van der Waals surface area contributed by atoms with Gasteiger partial charge in [0, 0.05) is 17.8 Å². The van der Waals surface area contributed by atoms with Gasteiger partial charge in [-0.05, 0) is 45.2 Å². The minimum atomic E-state index is -2.31. The van der Waals surface area contributed by atoms with E-state index in [1.54, 1.807) is 13.8 Å². The van der Waals surface area contributed by atoms with Crippen molar-refractivity contribution in [3.63, 3.8) is 0 Å². The lowest BCUT2D eigenvalue weighted by molar-refractivity contribution is -0.370. The number of hydrogen-bond acceptors (Lipinski definition) is 10. The molecule has 0 spiro atoms. The Hall–Kier alpha value is -1.56. The quantitative estimate of drug-likeness (QED) is 0.289. The van der Waals surface area contributed by atoms with Crippen LogP contribution in [0.5, 0.6) is 0 Å². The van der Waals surface area contributed by atoms with E-state index in [1.807, 2.05) is 32.6 Å². The van der Waals surface area contributed by atoms with Crippen molar-refractivity contribution in [2.24, 2.45) is 16.7 Å².